The highest BCUT2D eigenvalue weighted by Gasteiger charge is 2.35. The van der Waals surface area contributed by atoms with Gasteiger partial charge in [-0.25, -0.2) is 22.4 Å². The third kappa shape index (κ3) is 4.86. The third-order valence-corrected chi connectivity index (χ3v) is 9.84. The number of aryl methyl sites for hydroxylation is 2. The first-order valence-corrected chi connectivity index (χ1v) is 14.7. The van der Waals surface area contributed by atoms with E-state index >= 15 is 0 Å². The molecule has 0 atom stereocenters. The molecular formula is C26H28N4O5S2. The van der Waals surface area contributed by atoms with Crippen LogP contribution in [0.15, 0.2) is 76.9 Å². The van der Waals surface area contributed by atoms with Gasteiger partial charge in [0.1, 0.15) is 12.1 Å². The summed E-state index contributed by atoms with van der Waals surface area (Å²) in [4.78, 5) is 11.0. The van der Waals surface area contributed by atoms with E-state index in [1.165, 1.54) is 16.5 Å². The van der Waals surface area contributed by atoms with Gasteiger partial charge in [-0.1, -0.05) is 35.4 Å². The second-order valence-corrected chi connectivity index (χ2v) is 12.9. The van der Waals surface area contributed by atoms with E-state index < -0.39 is 20.1 Å². The van der Waals surface area contributed by atoms with Crippen molar-refractivity contribution in [2.75, 3.05) is 18.6 Å². The van der Waals surface area contributed by atoms with E-state index in [-0.39, 0.29) is 28.4 Å². The summed E-state index contributed by atoms with van der Waals surface area (Å²) in [6, 6.07) is 15.1. The van der Waals surface area contributed by atoms with Gasteiger partial charge in [-0.15, -0.1) is 0 Å². The van der Waals surface area contributed by atoms with E-state index in [0.29, 0.717) is 16.9 Å². The lowest BCUT2D eigenvalue weighted by atomic mass is 9.80. The molecule has 2 aromatic carbocycles. The molecule has 1 aliphatic carbocycles. The number of nitrogens with zero attached hydrogens (tertiary/aromatic N) is 4. The molecule has 0 amide bonds. The molecule has 2 aromatic heterocycles. The zero-order valence-corrected chi connectivity index (χ0v) is 22.4. The Kier molecular flexibility index (Phi) is 6.55. The fourth-order valence-electron chi connectivity index (χ4n) is 4.50. The fourth-order valence-corrected chi connectivity index (χ4v) is 6.78. The Morgan fingerprint density at radius 3 is 2.11 bits per heavy atom. The van der Waals surface area contributed by atoms with Gasteiger partial charge in [0.2, 0.25) is 0 Å². The van der Waals surface area contributed by atoms with Gasteiger partial charge in [-0.3, -0.25) is 4.18 Å². The molecule has 2 heterocycles. The van der Waals surface area contributed by atoms with E-state index in [1.54, 1.807) is 54.6 Å². The summed E-state index contributed by atoms with van der Waals surface area (Å²) >= 11 is 0. The number of fused-ring (bicyclic) bond motifs is 1. The first-order chi connectivity index (χ1) is 17.6. The quantitative estimate of drug-likeness (QED) is 0.309. The highest BCUT2D eigenvalue weighted by atomic mass is 32.2. The van der Waals surface area contributed by atoms with Gasteiger partial charge in [-0.2, -0.15) is 8.42 Å². The van der Waals surface area contributed by atoms with E-state index in [1.807, 2.05) is 25.8 Å². The van der Waals surface area contributed by atoms with Gasteiger partial charge in [-0.05, 0) is 62.9 Å². The van der Waals surface area contributed by atoms with Crippen molar-refractivity contribution in [3.05, 3.63) is 78.2 Å². The lowest BCUT2D eigenvalue weighted by Crippen LogP contribution is -2.44. The molecule has 0 N–H and O–H groups in total. The van der Waals surface area contributed by atoms with E-state index in [2.05, 4.69) is 9.97 Å². The highest BCUT2D eigenvalue weighted by Crippen LogP contribution is 2.36. The van der Waals surface area contributed by atoms with Crippen molar-refractivity contribution in [1.82, 2.24) is 13.9 Å². The van der Waals surface area contributed by atoms with Crippen LogP contribution in [0.25, 0.3) is 11.0 Å². The lowest BCUT2D eigenvalue weighted by molar-refractivity contribution is 0.161. The zero-order valence-electron chi connectivity index (χ0n) is 20.8. The molecule has 9 nitrogen and oxygen atoms in total. The Bertz CT molecular complexity index is 1640. The molecule has 0 saturated heterocycles. The molecule has 1 aliphatic rings. The third-order valence-electron chi connectivity index (χ3n) is 6.87. The van der Waals surface area contributed by atoms with Gasteiger partial charge in [0.05, 0.1) is 21.8 Å². The Labute approximate surface area is 216 Å². The van der Waals surface area contributed by atoms with Crippen LogP contribution in [0.4, 0.5) is 5.82 Å². The molecule has 194 valence electrons. The largest absolute Gasteiger partial charge is 0.356 e. The van der Waals surface area contributed by atoms with Crippen LogP contribution in [-0.2, 0) is 24.3 Å². The molecule has 0 radical (unpaired) electrons. The highest BCUT2D eigenvalue weighted by molar-refractivity contribution is 7.90. The maximum absolute atomic E-state index is 13.2. The minimum Gasteiger partial charge on any atom is -0.356 e. The predicted molar refractivity (Wildman–Crippen MR) is 141 cm³/mol. The first-order valence-electron chi connectivity index (χ1n) is 11.9. The summed E-state index contributed by atoms with van der Waals surface area (Å²) in [6.07, 6.45) is 4.32. The van der Waals surface area contributed by atoms with Crippen LogP contribution in [0.1, 0.15) is 24.0 Å². The van der Waals surface area contributed by atoms with Crippen LogP contribution in [0.2, 0.25) is 0 Å². The summed E-state index contributed by atoms with van der Waals surface area (Å²) in [7, 11) is -5.71. The number of benzene rings is 2. The smallest absolute Gasteiger partial charge is 0.296 e. The Hall–Kier alpha value is -3.28. The van der Waals surface area contributed by atoms with Gasteiger partial charge in [0.15, 0.2) is 5.65 Å². The molecule has 0 aliphatic heterocycles. The number of hydrogen-bond donors (Lipinski definition) is 0. The average Bonchev–Trinajstić information content (AvgIpc) is 3.29. The SMILES string of the molecule is Cc1ccc(S(=O)(=O)OC[C@H]2C[C@@H](N(C)c3ncnc4c3ccn4S(=O)(=O)c3ccc(C)cc3)C2)cc1. The number of hydrogen-bond acceptors (Lipinski definition) is 8. The van der Waals surface area contributed by atoms with Crippen molar-refractivity contribution in [3.63, 3.8) is 0 Å². The summed E-state index contributed by atoms with van der Waals surface area (Å²) in [5.74, 6) is 0.719. The minimum absolute atomic E-state index is 0.0940. The second kappa shape index (κ2) is 9.55. The normalized spacial score (nSPS) is 18.0. The average molecular weight is 541 g/mol. The van der Waals surface area contributed by atoms with Crippen LogP contribution in [0.5, 0.6) is 0 Å². The van der Waals surface area contributed by atoms with Crippen molar-refractivity contribution >= 4 is 37.0 Å². The Morgan fingerprint density at radius 2 is 1.49 bits per heavy atom. The maximum Gasteiger partial charge on any atom is 0.296 e. The number of aromatic nitrogens is 3. The monoisotopic (exact) mass is 540 g/mol. The Balaban J connectivity index is 1.28. The topological polar surface area (TPSA) is 111 Å². The first kappa shape index (κ1) is 25.4. The molecule has 37 heavy (non-hydrogen) atoms. The van der Waals surface area contributed by atoms with Gasteiger partial charge in [0.25, 0.3) is 20.1 Å². The molecule has 0 spiro atoms. The van der Waals surface area contributed by atoms with Crippen molar-refractivity contribution < 1.29 is 21.0 Å². The molecular weight excluding hydrogens is 512 g/mol. The lowest BCUT2D eigenvalue weighted by Gasteiger charge is -2.41. The van der Waals surface area contributed by atoms with Gasteiger partial charge >= 0.3 is 0 Å². The summed E-state index contributed by atoms with van der Waals surface area (Å²) in [5.41, 5.74) is 2.26. The van der Waals surface area contributed by atoms with Gasteiger partial charge < -0.3 is 4.90 Å². The van der Waals surface area contributed by atoms with E-state index in [4.69, 9.17) is 4.18 Å². The van der Waals surface area contributed by atoms with Crippen LogP contribution in [-0.4, -0.2) is 50.5 Å². The van der Waals surface area contributed by atoms with Crippen molar-refractivity contribution in [2.24, 2.45) is 5.92 Å². The maximum atomic E-state index is 13.2. The van der Waals surface area contributed by atoms with Crippen molar-refractivity contribution in [1.29, 1.82) is 0 Å². The van der Waals surface area contributed by atoms with Crippen LogP contribution in [0, 0.1) is 19.8 Å². The summed E-state index contributed by atoms with van der Waals surface area (Å²) in [6.45, 7) is 3.91. The van der Waals surface area contributed by atoms with Gasteiger partial charge in [0, 0.05) is 19.3 Å². The molecule has 5 rings (SSSR count). The summed E-state index contributed by atoms with van der Waals surface area (Å²) in [5, 5.41) is 0.627. The van der Waals surface area contributed by atoms with E-state index in [9.17, 15) is 16.8 Å². The molecule has 0 bridgehead atoms. The minimum atomic E-state index is -3.81. The van der Waals surface area contributed by atoms with Crippen LogP contribution in [0.3, 0.4) is 0 Å². The number of anilines is 1. The molecule has 1 fully saturated rings. The number of rotatable bonds is 8. The summed E-state index contributed by atoms with van der Waals surface area (Å²) < 4.78 is 57.9. The second-order valence-electron chi connectivity index (χ2n) is 9.52. The van der Waals surface area contributed by atoms with Crippen LogP contribution >= 0.6 is 0 Å². The molecule has 4 aromatic rings. The molecule has 1 saturated carbocycles. The standard InChI is InChI=1S/C26H28N4O5S2/c1-18-4-8-22(9-5-18)36(31,32)30-13-12-24-25(27-17-28-26(24)30)29(3)21-14-20(15-21)16-35-37(33,34)23-10-6-19(2)7-11-23/h4-13,17,20-21H,14-16H2,1-3H3/t20-,21+. The zero-order chi connectivity index (χ0) is 26.4. The molecule has 11 heteroatoms. The predicted octanol–water partition coefficient (Wildman–Crippen LogP) is 3.91. The van der Waals surface area contributed by atoms with Crippen molar-refractivity contribution in [2.45, 2.75) is 42.5 Å². The van der Waals surface area contributed by atoms with Crippen molar-refractivity contribution in [3.8, 4) is 0 Å². The van der Waals surface area contributed by atoms with Crippen LogP contribution < -0.4 is 4.90 Å². The van der Waals surface area contributed by atoms with E-state index in [0.717, 1.165) is 24.0 Å². The fraction of sp³-hybridized carbons (Fsp3) is 0.308. The Morgan fingerprint density at radius 1 is 0.892 bits per heavy atom. The molecule has 0 unspecified atom stereocenters.